The molecule has 0 aliphatic carbocycles. The maximum absolute atomic E-state index is 10.9. The number of non-ortho nitro benzene ring substituents is 1. The lowest BCUT2D eigenvalue weighted by Gasteiger charge is -2.08. The van der Waals surface area contributed by atoms with Crippen LogP contribution >= 0.6 is 11.8 Å². The summed E-state index contributed by atoms with van der Waals surface area (Å²) in [4.78, 5) is 26.1. The smallest absolute Gasteiger partial charge is 0.316 e. The molecule has 0 saturated heterocycles. The SMILES string of the molecule is CC(Sc1ccc([N+](=O)[O-])c2cccnc12)C(=O)O. The molecular formula is C12H10N2O4S. The van der Waals surface area contributed by atoms with E-state index in [9.17, 15) is 14.9 Å². The van der Waals surface area contributed by atoms with Crippen LogP contribution in [0.3, 0.4) is 0 Å². The highest BCUT2D eigenvalue weighted by Crippen LogP contribution is 2.34. The van der Waals surface area contributed by atoms with Gasteiger partial charge < -0.3 is 5.11 Å². The number of fused-ring (bicyclic) bond motifs is 1. The minimum atomic E-state index is -0.938. The van der Waals surface area contributed by atoms with Crippen LogP contribution in [0.25, 0.3) is 10.9 Å². The average molecular weight is 278 g/mol. The Kier molecular flexibility index (Phi) is 3.66. The average Bonchev–Trinajstić information content (AvgIpc) is 2.38. The predicted octanol–water partition coefficient (Wildman–Crippen LogP) is 2.71. The number of benzene rings is 1. The zero-order chi connectivity index (χ0) is 14.0. The van der Waals surface area contributed by atoms with Gasteiger partial charge in [0.1, 0.15) is 5.25 Å². The van der Waals surface area contributed by atoms with Gasteiger partial charge in [-0.25, -0.2) is 0 Å². The molecule has 0 saturated carbocycles. The molecule has 0 spiro atoms. The number of nitrogens with zero attached hydrogens (tertiary/aromatic N) is 2. The van der Waals surface area contributed by atoms with Gasteiger partial charge in [0.15, 0.2) is 0 Å². The summed E-state index contributed by atoms with van der Waals surface area (Å²) in [6, 6.07) is 6.14. The van der Waals surface area contributed by atoms with E-state index < -0.39 is 16.1 Å². The monoisotopic (exact) mass is 278 g/mol. The molecule has 0 amide bonds. The normalized spacial score (nSPS) is 12.3. The number of aromatic nitrogens is 1. The van der Waals surface area contributed by atoms with Gasteiger partial charge in [-0.05, 0) is 25.1 Å². The highest BCUT2D eigenvalue weighted by Gasteiger charge is 2.19. The Morgan fingerprint density at radius 2 is 2.21 bits per heavy atom. The van der Waals surface area contributed by atoms with Crippen molar-refractivity contribution in [3.63, 3.8) is 0 Å². The van der Waals surface area contributed by atoms with Gasteiger partial charge in [0.2, 0.25) is 0 Å². The van der Waals surface area contributed by atoms with E-state index in [-0.39, 0.29) is 5.69 Å². The fourth-order valence-electron chi connectivity index (χ4n) is 1.63. The van der Waals surface area contributed by atoms with Gasteiger partial charge in [-0.3, -0.25) is 19.9 Å². The number of thioether (sulfide) groups is 1. The Morgan fingerprint density at radius 3 is 2.84 bits per heavy atom. The van der Waals surface area contributed by atoms with E-state index in [0.717, 1.165) is 11.8 Å². The van der Waals surface area contributed by atoms with Crippen LogP contribution in [-0.2, 0) is 4.79 Å². The number of rotatable bonds is 4. The number of nitro benzene ring substituents is 1. The Morgan fingerprint density at radius 1 is 1.47 bits per heavy atom. The second-order valence-corrected chi connectivity index (χ2v) is 5.22. The van der Waals surface area contributed by atoms with Crippen LogP contribution in [0.5, 0.6) is 0 Å². The summed E-state index contributed by atoms with van der Waals surface area (Å²) in [6.45, 7) is 1.56. The van der Waals surface area contributed by atoms with Crippen LogP contribution in [0.15, 0.2) is 35.4 Å². The standard InChI is InChI=1S/C12H10N2O4S/c1-7(12(15)16)19-10-5-4-9(14(17)18)8-3-2-6-13-11(8)10/h2-7H,1H3,(H,15,16). The van der Waals surface area contributed by atoms with Gasteiger partial charge in [-0.2, -0.15) is 0 Å². The second kappa shape index (κ2) is 5.23. The van der Waals surface area contributed by atoms with Crippen molar-refractivity contribution in [1.29, 1.82) is 0 Å². The second-order valence-electron chi connectivity index (χ2n) is 3.84. The Bertz CT molecular complexity index is 659. The molecule has 6 nitrogen and oxygen atoms in total. The van der Waals surface area contributed by atoms with E-state index >= 15 is 0 Å². The number of carboxylic acid groups (broad SMARTS) is 1. The van der Waals surface area contributed by atoms with E-state index in [0.29, 0.717) is 15.8 Å². The first-order valence-corrected chi connectivity index (χ1v) is 6.30. The number of carboxylic acids is 1. The molecule has 1 N–H and O–H groups in total. The molecule has 0 radical (unpaired) electrons. The number of hydrogen-bond donors (Lipinski definition) is 1. The third-order valence-electron chi connectivity index (χ3n) is 2.56. The first kappa shape index (κ1) is 13.3. The predicted molar refractivity (Wildman–Crippen MR) is 71.4 cm³/mol. The fraction of sp³-hybridized carbons (Fsp3) is 0.167. The van der Waals surface area contributed by atoms with Crippen molar-refractivity contribution in [1.82, 2.24) is 4.98 Å². The van der Waals surface area contributed by atoms with Crippen molar-refractivity contribution in [2.75, 3.05) is 0 Å². The molecule has 19 heavy (non-hydrogen) atoms. The molecule has 1 unspecified atom stereocenters. The zero-order valence-electron chi connectivity index (χ0n) is 9.94. The molecule has 1 atom stereocenters. The van der Waals surface area contributed by atoms with Crippen molar-refractivity contribution in [2.24, 2.45) is 0 Å². The molecule has 0 fully saturated rings. The van der Waals surface area contributed by atoms with Crippen LogP contribution in [0.1, 0.15) is 6.92 Å². The minimum Gasteiger partial charge on any atom is -0.480 e. The van der Waals surface area contributed by atoms with E-state index in [2.05, 4.69) is 4.98 Å². The molecular weight excluding hydrogens is 268 g/mol. The van der Waals surface area contributed by atoms with E-state index in [1.165, 1.54) is 18.3 Å². The first-order chi connectivity index (χ1) is 9.00. The van der Waals surface area contributed by atoms with Crippen LogP contribution in [0, 0.1) is 10.1 Å². The number of nitro groups is 1. The summed E-state index contributed by atoms with van der Waals surface area (Å²) in [7, 11) is 0. The zero-order valence-corrected chi connectivity index (χ0v) is 10.8. The number of pyridine rings is 1. The number of aliphatic carboxylic acids is 1. The number of hydrogen-bond acceptors (Lipinski definition) is 5. The number of carbonyl (C=O) groups is 1. The lowest BCUT2D eigenvalue weighted by Crippen LogP contribution is -2.11. The van der Waals surface area contributed by atoms with Gasteiger partial charge >= 0.3 is 5.97 Å². The maximum atomic E-state index is 10.9. The van der Waals surface area contributed by atoms with Crippen molar-refractivity contribution in [3.8, 4) is 0 Å². The van der Waals surface area contributed by atoms with Crippen LogP contribution in [-0.4, -0.2) is 26.2 Å². The van der Waals surface area contributed by atoms with Gasteiger partial charge in [0.25, 0.3) is 5.69 Å². The summed E-state index contributed by atoms with van der Waals surface area (Å²) in [5, 5.41) is 19.6. The Balaban J connectivity index is 2.55. The summed E-state index contributed by atoms with van der Waals surface area (Å²) < 4.78 is 0. The van der Waals surface area contributed by atoms with Crippen LogP contribution in [0.2, 0.25) is 0 Å². The summed E-state index contributed by atoms with van der Waals surface area (Å²) in [5.41, 5.74) is 0.422. The van der Waals surface area contributed by atoms with Crippen molar-refractivity contribution < 1.29 is 14.8 Å². The molecule has 98 valence electrons. The Labute approximate surface area is 112 Å². The summed E-state index contributed by atoms with van der Waals surface area (Å²) >= 11 is 1.12. The van der Waals surface area contributed by atoms with Gasteiger partial charge in [0, 0.05) is 17.2 Å². The fourth-order valence-corrected chi connectivity index (χ4v) is 2.53. The highest BCUT2D eigenvalue weighted by atomic mass is 32.2. The molecule has 7 heteroatoms. The molecule has 1 aromatic carbocycles. The minimum absolute atomic E-state index is 0.0320. The van der Waals surface area contributed by atoms with E-state index in [4.69, 9.17) is 5.11 Å². The first-order valence-electron chi connectivity index (χ1n) is 5.42. The maximum Gasteiger partial charge on any atom is 0.316 e. The summed E-state index contributed by atoms with van der Waals surface area (Å²) in [6.07, 6.45) is 1.53. The van der Waals surface area contributed by atoms with Crippen LogP contribution < -0.4 is 0 Å². The molecule has 2 rings (SSSR count). The lowest BCUT2D eigenvalue weighted by atomic mass is 10.2. The lowest BCUT2D eigenvalue weighted by molar-refractivity contribution is -0.383. The molecule has 0 aliphatic rings. The quantitative estimate of drug-likeness (QED) is 0.525. The van der Waals surface area contributed by atoms with Gasteiger partial charge in [0.05, 0.1) is 15.8 Å². The Hall–Kier alpha value is -2.15. The summed E-state index contributed by atoms with van der Waals surface area (Å²) in [5.74, 6) is -0.938. The largest absolute Gasteiger partial charge is 0.480 e. The highest BCUT2D eigenvalue weighted by molar-refractivity contribution is 8.00. The van der Waals surface area contributed by atoms with Crippen molar-refractivity contribution in [2.45, 2.75) is 17.1 Å². The molecule has 2 aromatic rings. The third kappa shape index (κ3) is 2.65. The van der Waals surface area contributed by atoms with Gasteiger partial charge in [-0.1, -0.05) is 0 Å². The molecule has 1 aromatic heterocycles. The van der Waals surface area contributed by atoms with Crippen molar-refractivity contribution in [3.05, 3.63) is 40.6 Å². The van der Waals surface area contributed by atoms with E-state index in [1.54, 1.807) is 19.1 Å². The molecule has 0 bridgehead atoms. The molecule has 1 heterocycles. The molecule has 0 aliphatic heterocycles. The van der Waals surface area contributed by atoms with Crippen molar-refractivity contribution >= 4 is 34.3 Å². The van der Waals surface area contributed by atoms with Crippen LogP contribution in [0.4, 0.5) is 5.69 Å². The third-order valence-corrected chi connectivity index (χ3v) is 3.70. The topological polar surface area (TPSA) is 93.3 Å². The van der Waals surface area contributed by atoms with E-state index in [1.807, 2.05) is 0 Å². The van der Waals surface area contributed by atoms with Gasteiger partial charge in [-0.15, -0.1) is 11.8 Å².